The number of carbonyl (C=O) groups is 2. The molecule has 1 aliphatic heterocycles. The highest BCUT2D eigenvalue weighted by Gasteiger charge is 2.44. The number of piperidine rings is 1. The number of anilines is 1. The van der Waals surface area contributed by atoms with Gasteiger partial charge in [-0.2, -0.15) is 0 Å². The second-order valence-corrected chi connectivity index (χ2v) is 7.82. The number of likely N-dealkylation sites (N-methyl/N-ethyl adjacent to an activating group) is 1. The van der Waals surface area contributed by atoms with Crippen LogP contribution in [0.25, 0.3) is 11.3 Å². The summed E-state index contributed by atoms with van der Waals surface area (Å²) < 4.78 is 0. The van der Waals surface area contributed by atoms with Crippen LogP contribution in [0.1, 0.15) is 12.0 Å². The van der Waals surface area contributed by atoms with Gasteiger partial charge in [0.2, 0.25) is 0 Å². The van der Waals surface area contributed by atoms with Gasteiger partial charge in [0.25, 0.3) is 12.9 Å². The van der Waals surface area contributed by atoms with Crippen LogP contribution in [0.15, 0.2) is 72.8 Å². The average molecular weight is 467 g/mol. The SMILES string of the molecule is CN(C)[C@@H]1CN(c2ccc(-c3ccccc3)nn2)CC[C@]1(O)c1ccccc1.O=CO.O=CO. The predicted octanol–water partition coefficient (Wildman–Crippen LogP) is 2.57. The molecule has 0 aliphatic carbocycles. The Morgan fingerprint density at radius 2 is 1.47 bits per heavy atom. The summed E-state index contributed by atoms with van der Waals surface area (Å²) in [5, 5.41) is 34.2. The third-order valence-corrected chi connectivity index (χ3v) is 5.65. The third-order valence-electron chi connectivity index (χ3n) is 5.65. The molecule has 1 saturated heterocycles. The van der Waals surface area contributed by atoms with Crippen molar-refractivity contribution in [2.24, 2.45) is 0 Å². The Morgan fingerprint density at radius 3 is 1.97 bits per heavy atom. The van der Waals surface area contributed by atoms with Gasteiger partial charge < -0.3 is 25.1 Å². The summed E-state index contributed by atoms with van der Waals surface area (Å²) in [4.78, 5) is 21.0. The van der Waals surface area contributed by atoms with E-state index in [9.17, 15) is 5.11 Å². The van der Waals surface area contributed by atoms with E-state index < -0.39 is 5.60 Å². The molecule has 1 fully saturated rings. The molecule has 4 rings (SSSR count). The summed E-state index contributed by atoms with van der Waals surface area (Å²) in [6.07, 6.45) is 0.641. The molecule has 0 bridgehead atoms. The van der Waals surface area contributed by atoms with E-state index in [0.29, 0.717) is 13.0 Å². The topological polar surface area (TPSA) is 127 Å². The predicted molar refractivity (Wildman–Crippen MR) is 129 cm³/mol. The molecule has 2 heterocycles. The maximum atomic E-state index is 11.5. The molecule has 3 aromatic rings. The average Bonchev–Trinajstić information content (AvgIpc) is 2.86. The number of rotatable bonds is 4. The van der Waals surface area contributed by atoms with Crippen molar-refractivity contribution in [2.45, 2.75) is 18.1 Å². The number of hydrogen-bond donors (Lipinski definition) is 3. The van der Waals surface area contributed by atoms with Gasteiger partial charge in [-0.1, -0.05) is 60.7 Å². The van der Waals surface area contributed by atoms with Gasteiger partial charge >= 0.3 is 0 Å². The van der Waals surface area contributed by atoms with Gasteiger partial charge in [-0.25, -0.2) is 0 Å². The third kappa shape index (κ3) is 6.60. The molecule has 0 spiro atoms. The first kappa shape index (κ1) is 26.4. The van der Waals surface area contributed by atoms with Crippen LogP contribution in [0.2, 0.25) is 0 Å². The number of hydrogen-bond acceptors (Lipinski definition) is 7. The first-order chi connectivity index (χ1) is 16.4. The Hall–Kier alpha value is -3.82. The number of carboxylic acid groups (broad SMARTS) is 2. The van der Waals surface area contributed by atoms with Crippen molar-refractivity contribution >= 4 is 18.8 Å². The van der Waals surface area contributed by atoms with Crippen molar-refractivity contribution in [3.63, 3.8) is 0 Å². The highest BCUT2D eigenvalue weighted by molar-refractivity contribution is 5.59. The molecule has 9 heteroatoms. The van der Waals surface area contributed by atoms with Gasteiger partial charge in [-0.05, 0) is 38.2 Å². The second-order valence-electron chi connectivity index (χ2n) is 7.82. The van der Waals surface area contributed by atoms with E-state index >= 15 is 0 Å². The van der Waals surface area contributed by atoms with Crippen LogP contribution in [0, 0.1) is 0 Å². The molecule has 2 atom stereocenters. The molecule has 180 valence electrons. The van der Waals surface area contributed by atoms with E-state index in [-0.39, 0.29) is 19.0 Å². The molecule has 0 radical (unpaired) electrons. The van der Waals surface area contributed by atoms with Crippen molar-refractivity contribution in [2.75, 3.05) is 32.1 Å². The smallest absolute Gasteiger partial charge is 0.290 e. The minimum Gasteiger partial charge on any atom is -0.483 e. The normalized spacial score (nSPS) is 19.2. The minimum atomic E-state index is -0.876. The molecule has 1 aliphatic rings. The zero-order valence-corrected chi connectivity index (χ0v) is 19.2. The van der Waals surface area contributed by atoms with E-state index in [1.54, 1.807) is 0 Å². The lowest BCUT2D eigenvalue weighted by molar-refractivity contribution is -0.123. The van der Waals surface area contributed by atoms with Crippen molar-refractivity contribution in [3.8, 4) is 11.3 Å². The zero-order chi connectivity index (χ0) is 25.0. The van der Waals surface area contributed by atoms with E-state index in [1.165, 1.54) is 0 Å². The molecular formula is C25H30N4O5. The molecule has 0 saturated carbocycles. The van der Waals surface area contributed by atoms with Crippen LogP contribution in [-0.2, 0) is 15.2 Å². The highest BCUT2D eigenvalue weighted by Crippen LogP contribution is 2.36. The Kier molecular flexibility index (Phi) is 10.1. The van der Waals surface area contributed by atoms with Gasteiger partial charge in [-0.15, -0.1) is 10.2 Å². The van der Waals surface area contributed by atoms with E-state index in [0.717, 1.165) is 29.2 Å². The molecule has 0 amide bonds. The standard InChI is InChI=1S/C23H26N4O.2CH2O2/c1-26(2)21-17-27(16-15-23(21,28)19-11-7-4-8-12-19)22-14-13-20(24-25-22)18-9-5-3-6-10-18;2*2-1-3/h3-14,21,28H,15-17H2,1-2H3;2*1H,(H,2,3)/t21-,23+;;/m1../s1. The summed E-state index contributed by atoms with van der Waals surface area (Å²) in [5.74, 6) is 0.849. The van der Waals surface area contributed by atoms with Crippen molar-refractivity contribution < 1.29 is 24.9 Å². The zero-order valence-electron chi connectivity index (χ0n) is 19.2. The van der Waals surface area contributed by atoms with E-state index in [1.807, 2.05) is 86.9 Å². The molecule has 34 heavy (non-hydrogen) atoms. The number of aromatic nitrogens is 2. The van der Waals surface area contributed by atoms with Crippen LogP contribution in [0.3, 0.4) is 0 Å². The minimum absolute atomic E-state index is 0.0424. The summed E-state index contributed by atoms with van der Waals surface area (Å²) in [6.45, 7) is 0.923. The molecule has 3 N–H and O–H groups in total. The Bertz CT molecular complexity index is 997. The van der Waals surface area contributed by atoms with E-state index in [2.05, 4.69) is 20.0 Å². The van der Waals surface area contributed by atoms with Crippen LogP contribution in [-0.4, -0.2) is 76.6 Å². The number of benzene rings is 2. The van der Waals surface area contributed by atoms with Crippen LogP contribution >= 0.6 is 0 Å². The van der Waals surface area contributed by atoms with Gasteiger partial charge in [0.05, 0.1) is 11.7 Å². The van der Waals surface area contributed by atoms with Crippen LogP contribution < -0.4 is 4.90 Å². The lowest BCUT2D eigenvalue weighted by Gasteiger charge is -2.47. The summed E-state index contributed by atoms with van der Waals surface area (Å²) in [7, 11) is 4.04. The molecule has 9 nitrogen and oxygen atoms in total. The van der Waals surface area contributed by atoms with Gasteiger partial charge in [0.1, 0.15) is 5.60 Å². The fourth-order valence-corrected chi connectivity index (χ4v) is 4.04. The monoisotopic (exact) mass is 466 g/mol. The molecule has 0 unspecified atom stereocenters. The summed E-state index contributed by atoms with van der Waals surface area (Å²) >= 11 is 0. The van der Waals surface area contributed by atoms with Crippen LogP contribution in [0.5, 0.6) is 0 Å². The fourth-order valence-electron chi connectivity index (χ4n) is 4.04. The molecule has 1 aromatic heterocycles. The fraction of sp³-hybridized carbons (Fsp3) is 0.280. The van der Waals surface area contributed by atoms with Crippen molar-refractivity contribution in [3.05, 3.63) is 78.4 Å². The lowest BCUT2D eigenvalue weighted by atomic mass is 9.80. The maximum Gasteiger partial charge on any atom is 0.290 e. The molecule has 2 aromatic carbocycles. The summed E-state index contributed by atoms with van der Waals surface area (Å²) in [6, 6.07) is 24.0. The Morgan fingerprint density at radius 1 is 0.912 bits per heavy atom. The number of aliphatic hydroxyl groups is 1. The molecular weight excluding hydrogens is 436 g/mol. The van der Waals surface area contributed by atoms with Crippen molar-refractivity contribution in [1.29, 1.82) is 0 Å². The first-order valence-electron chi connectivity index (χ1n) is 10.6. The second kappa shape index (κ2) is 13.0. The largest absolute Gasteiger partial charge is 0.483 e. The van der Waals surface area contributed by atoms with Crippen LogP contribution in [0.4, 0.5) is 5.82 Å². The van der Waals surface area contributed by atoms with Gasteiger partial charge in [0, 0.05) is 18.7 Å². The quantitative estimate of drug-likeness (QED) is 0.497. The number of nitrogens with zero attached hydrogens (tertiary/aromatic N) is 4. The van der Waals surface area contributed by atoms with E-state index in [4.69, 9.17) is 19.8 Å². The summed E-state index contributed by atoms with van der Waals surface area (Å²) in [5.41, 5.74) is 2.02. The lowest BCUT2D eigenvalue weighted by Crippen LogP contribution is -2.59. The van der Waals surface area contributed by atoms with Gasteiger partial charge in [-0.3, -0.25) is 9.59 Å². The van der Waals surface area contributed by atoms with Gasteiger partial charge in [0.15, 0.2) is 5.82 Å². The maximum absolute atomic E-state index is 11.5. The Labute approximate surface area is 198 Å². The van der Waals surface area contributed by atoms with Crippen molar-refractivity contribution in [1.82, 2.24) is 15.1 Å². The highest BCUT2D eigenvalue weighted by atomic mass is 16.3. The Balaban J connectivity index is 0.000000618. The first-order valence-corrected chi connectivity index (χ1v) is 10.6.